The molecule has 2 saturated heterocycles. The molecule has 0 bridgehead atoms. The molecule has 0 aromatic heterocycles. The molecular formula is C36H42N2O5S. The minimum atomic E-state index is -0.358. The summed E-state index contributed by atoms with van der Waals surface area (Å²) in [6.45, 7) is 11.8. The van der Waals surface area contributed by atoms with E-state index in [2.05, 4.69) is 50.0 Å². The van der Waals surface area contributed by atoms with Gasteiger partial charge in [-0.25, -0.2) is 0 Å². The molecule has 3 aliphatic rings. The number of ether oxygens (including phenoxy) is 3. The van der Waals surface area contributed by atoms with Gasteiger partial charge in [0.15, 0.2) is 0 Å². The summed E-state index contributed by atoms with van der Waals surface area (Å²) in [4.78, 5) is 25.9. The van der Waals surface area contributed by atoms with Crippen molar-refractivity contribution >= 4 is 22.9 Å². The van der Waals surface area contributed by atoms with E-state index < -0.39 is 0 Å². The number of likely N-dealkylation sites (tertiary alicyclic amines) is 1. The zero-order valence-corrected chi connectivity index (χ0v) is 26.9. The number of hydrogen-bond donors (Lipinski definition) is 1. The number of rotatable bonds is 10. The number of carbonyl (C=O) groups excluding carboxylic acids is 2. The van der Waals surface area contributed by atoms with Gasteiger partial charge in [0.05, 0.1) is 5.25 Å². The van der Waals surface area contributed by atoms with Gasteiger partial charge in [-0.3, -0.25) is 19.8 Å². The van der Waals surface area contributed by atoms with Gasteiger partial charge in [-0.1, -0.05) is 54.2 Å². The van der Waals surface area contributed by atoms with Crippen LogP contribution in [0.3, 0.4) is 0 Å². The van der Waals surface area contributed by atoms with Gasteiger partial charge in [0, 0.05) is 18.2 Å². The highest BCUT2D eigenvalue weighted by atomic mass is 32.2. The third-order valence-corrected chi connectivity index (χ3v) is 10.4. The summed E-state index contributed by atoms with van der Waals surface area (Å²) in [6.07, 6.45) is 4.71. The molecule has 44 heavy (non-hydrogen) atoms. The Morgan fingerprint density at radius 3 is 2.48 bits per heavy atom. The van der Waals surface area contributed by atoms with Crippen LogP contribution in [0.1, 0.15) is 59.6 Å². The van der Waals surface area contributed by atoms with Crippen molar-refractivity contribution in [3.8, 4) is 17.2 Å². The molecule has 232 valence electrons. The largest absolute Gasteiger partial charge is 0.492 e. The topological polar surface area (TPSA) is 77.1 Å². The van der Waals surface area contributed by atoms with E-state index in [9.17, 15) is 9.59 Å². The van der Waals surface area contributed by atoms with E-state index in [0.29, 0.717) is 25.7 Å². The number of nitrogens with zero attached hydrogens (tertiary/aromatic N) is 1. The maximum Gasteiger partial charge on any atom is 0.286 e. The summed E-state index contributed by atoms with van der Waals surface area (Å²) in [5.74, 6) is 2.63. The third kappa shape index (κ3) is 6.61. The SMILES string of the molecule is Cc1c(C)c2c(c(C)c1OCc1ccccc1)CCC(C)(CN1CCC[C@@H]1COc1ccc(CC3SC(=O)NC3=O)cc1)O2. The molecule has 8 heteroatoms. The number of hydrogen-bond acceptors (Lipinski definition) is 7. The Balaban J connectivity index is 1.06. The van der Waals surface area contributed by atoms with Gasteiger partial charge in [0.25, 0.3) is 5.24 Å². The first-order chi connectivity index (χ1) is 21.2. The zero-order chi connectivity index (χ0) is 30.8. The number of benzene rings is 3. The lowest BCUT2D eigenvalue weighted by Gasteiger charge is -2.41. The number of amides is 2. The zero-order valence-electron chi connectivity index (χ0n) is 26.1. The Morgan fingerprint density at radius 2 is 1.75 bits per heavy atom. The van der Waals surface area contributed by atoms with Crippen molar-refractivity contribution in [2.75, 3.05) is 19.7 Å². The molecular weight excluding hydrogens is 572 g/mol. The molecule has 3 aliphatic heterocycles. The second-order valence-corrected chi connectivity index (χ2v) is 13.8. The number of imide groups is 1. The molecule has 3 atom stereocenters. The molecule has 2 amide bonds. The molecule has 1 N–H and O–H groups in total. The highest BCUT2D eigenvalue weighted by Gasteiger charge is 2.39. The number of nitrogens with one attached hydrogen (secondary N) is 1. The van der Waals surface area contributed by atoms with Gasteiger partial charge in [-0.15, -0.1) is 0 Å². The first kappa shape index (κ1) is 30.5. The lowest BCUT2D eigenvalue weighted by molar-refractivity contribution is -0.118. The lowest BCUT2D eigenvalue weighted by Crippen LogP contribution is -2.50. The van der Waals surface area contributed by atoms with E-state index in [0.717, 1.165) is 78.9 Å². The third-order valence-electron chi connectivity index (χ3n) is 9.38. The van der Waals surface area contributed by atoms with E-state index in [1.54, 1.807) is 0 Å². The standard InChI is InChI=1S/C36H42N2O5S/c1-23-24(2)33-30(25(3)32(23)42-20-27-9-6-5-7-10-27)16-17-36(4,43-33)22-38-18-8-11-28(38)21-41-29-14-12-26(13-15-29)19-31-34(39)37-35(40)44-31/h5-7,9-10,12-15,28,31H,8,11,16-22H2,1-4H3,(H,37,39,40)/t28-,31?,36?/m1/s1. The van der Waals surface area contributed by atoms with E-state index in [-0.39, 0.29) is 22.0 Å². The second kappa shape index (κ2) is 12.9. The highest BCUT2D eigenvalue weighted by molar-refractivity contribution is 8.15. The van der Waals surface area contributed by atoms with Crippen LogP contribution in [0, 0.1) is 20.8 Å². The Kier molecular flexibility index (Phi) is 8.92. The minimum Gasteiger partial charge on any atom is -0.492 e. The Bertz CT molecular complexity index is 1530. The van der Waals surface area contributed by atoms with Crippen molar-refractivity contribution in [1.82, 2.24) is 10.2 Å². The van der Waals surface area contributed by atoms with Crippen LogP contribution in [-0.4, -0.2) is 52.6 Å². The number of fused-ring (bicyclic) bond motifs is 1. The normalized spacial score (nSPS) is 23.3. The summed E-state index contributed by atoms with van der Waals surface area (Å²) < 4.78 is 19.5. The van der Waals surface area contributed by atoms with Crippen LogP contribution in [0.25, 0.3) is 0 Å². The van der Waals surface area contributed by atoms with E-state index >= 15 is 0 Å². The smallest absolute Gasteiger partial charge is 0.286 e. The van der Waals surface area contributed by atoms with Crippen molar-refractivity contribution in [1.29, 1.82) is 0 Å². The van der Waals surface area contributed by atoms with Crippen LogP contribution in [-0.2, 0) is 24.2 Å². The molecule has 6 rings (SSSR count). The van der Waals surface area contributed by atoms with Gasteiger partial charge in [-0.2, -0.15) is 0 Å². The van der Waals surface area contributed by atoms with Crippen molar-refractivity contribution < 1.29 is 23.8 Å². The van der Waals surface area contributed by atoms with Gasteiger partial charge in [0.1, 0.15) is 36.1 Å². The Hall–Kier alpha value is -3.49. The number of thioether (sulfide) groups is 1. The lowest BCUT2D eigenvalue weighted by atomic mass is 9.86. The Morgan fingerprint density at radius 1 is 0.977 bits per heavy atom. The van der Waals surface area contributed by atoms with E-state index in [1.807, 2.05) is 42.5 Å². The second-order valence-electron chi connectivity index (χ2n) is 12.6. The predicted molar refractivity (Wildman–Crippen MR) is 174 cm³/mol. The molecule has 3 aromatic carbocycles. The fraction of sp³-hybridized carbons (Fsp3) is 0.444. The first-order valence-electron chi connectivity index (χ1n) is 15.6. The Labute approximate surface area is 264 Å². The molecule has 2 fully saturated rings. The highest BCUT2D eigenvalue weighted by Crippen LogP contribution is 2.44. The quantitative estimate of drug-likeness (QED) is 0.272. The maximum absolute atomic E-state index is 11.9. The van der Waals surface area contributed by atoms with Gasteiger partial charge in [0.2, 0.25) is 5.91 Å². The fourth-order valence-corrected chi connectivity index (χ4v) is 7.58. The van der Waals surface area contributed by atoms with Crippen molar-refractivity contribution in [3.05, 3.63) is 88.0 Å². The summed E-state index contributed by atoms with van der Waals surface area (Å²) in [6, 6.07) is 18.5. The molecule has 3 aromatic rings. The predicted octanol–water partition coefficient (Wildman–Crippen LogP) is 6.71. The summed E-state index contributed by atoms with van der Waals surface area (Å²) in [7, 11) is 0. The molecule has 2 unspecified atom stereocenters. The summed E-state index contributed by atoms with van der Waals surface area (Å²) >= 11 is 1.06. The molecule has 0 spiro atoms. The first-order valence-corrected chi connectivity index (χ1v) is 16.5. The van der Waals surface area contributed by atoms with Crippen LogP contribution in [0.5, 0.6) is 17.2 Å². The van der Waals surface area contributed by atoms with Crippen LogP contribution >= 0.6 is 11.8 Å². The van der Waals surface area contributed by atoms with Crippen LogP contribution in [0.4, 0.5) is 4.79 Å². The van der Waals surface area contributed by atoms with E-state index in [4.69, 9.17) is 14.2 Å². The van der Waals surface area contributed by atoms with Crippen LogP contribution in [0.2, 0.25) is 0 Å². The average molecular weight is 615 g/mol. The monoisotopic (exact) mass is 614 g/mol. The summed E-state index contributed by atoms with van der Waals surface area (Å²) in [5.41, 5.74) is 6.69. The van der Waals surface area contributed by atoms with Crippen molar-refractivity contribution in [2.24, 2.45) is 0 Å². The molecule has 7 nitrogen and oxygen atoms in total. The molecule has 0 radical (unpaired) electrons. The van der Waals surface area contributed by atoms with Gasteiger partial charge >= 0.3 is 0 Å². The minimum absolute atomic E-state index is 0.209. The summed E-state index contributed by atoms with van der Waals surface area (Å²) in [5, 5.41) is 1.73. The van der Waals surface area contributed by atoms with Crippen molar-refractivity contribution in [3.63, 3.8) is 0 Å². The fourth-order valence-electron chi connectivity index (χ4n) is 6.72. The van der Waals surface area contributed by atoms with E-state index in [1.165, 1.54) is 22.3 Å². The molecule has 0 saturated carbocycles. The number of carbonyl (C=O) groups is 2. The van der Waals surface area contributed by atoms with Gasteiger partial charge in [-0.05, 0) is 106 Å². The average Bonchev–Trinajstić information content (AvgIpc) is 3.59. The maximum atomic E-state index is 11.9. The van der Waals surface area contributed by atoms with Gasteiger partial charge < -0.3 is 14.2 Å². The molecule has 3 heterocycles. The molecule has 0 aliphatic carbocycles. The van der Waals surface area contributed by atoms with Crippen LogP contribution in [0.15, 0.2) is 54.6 Å². The van der Waals surface area contributed by atoms with Crippen molar-refractivity contribution in [2.45, 2.75) is 83.3 Å². The van der Waals surface area contributed by atoms with Crippen LogP contribution < -0.4 is 19.5 Å².